The molecule has 1 saturated heterocycles. The van der Waals surface area contributed by atoms with Crippen molar-refractivity contribution in [1.82, 2.24) is 33.8 Å². The lowest BCUT2D eigenvalue weighted by Gasteiger charge is -2.32. The smallest absolute Gasteiger partial charge is 0.343 e. The minimum absolute atomic E-state index is 0.0259. The number of aliphatic hydroxyl groups is 1. The molecule has 1 atom stereocenters. The normalized spacial score (nSPS) is 16.7. The van der Waals surface area contributed by atoms with Crippen LogP contribution in [-0.4, -0.2) is 87.6 Å². The molecule has 19 heteroatoms. The second-order valence-corrected chi connectivity index (χ2v) is 21.2. The van der Waals surface area contributed by atoms with Crippen LogP contribution in [0.15, 0.2) is 101 Å². The van der Waals surface area contributed by atoms with E-state index in [2.05, 4.69) is 14.8 Å². The highest BCUT2D eigenvalue weighted by Crippen LogP contribution is 2.42. The van der Waals surface area contributed by atoms with Crippen molar-refractivity contribution in [2.75, 3.05) is 13.1 Å². The third-order valence-electron chi connectivity index (χ3n) is 15.1. The lowest BCUT2D eigenvalue weighted by atomic mass is 9.86. The summed E-state index contributed by atoms with van der Waals surface area (Å²) in [7, 11) is -4.32. The van der Waals surface area contributed by atoms with Crippen LogP contribution in [0.25, 0.3) is 50.3 Å². The number of amides is 1. The monoisotopic (exact) mass is 1020 g/mol. The van der Waals surface area contributed by atoms with Gasteiger partial charge in [-0.1, -0.05) is 32.8 Å². The molecule has 0 saturated carbocycles. The predicted molar refractivity (Wildman–Crippen MR) is 273 cm³/mol. The Morgan fingerprint density at radius 1 is 0.905 bits per heavy atom. The van der Waals surface area contributed by atoms with E-state index < -0.39 is 21.7 Å². The molecule has 8 aromatic rings. The fourth-order valence-electron chi connectivity index (χ4n) is 10.9. The number of ether oxygens (including phenoxy) is 1. The second kappa shape index (κ2) is 18.2. The van der Waals surface area contributed by atoms with Gasteiger partial charge in [-0.25, -0.2) is 14.3 Å². The number of likely N-dealkylation sites (tertiary alicyclic amines) is 1. The number of carbonyl (C=O) groups is 2. The fourth-order valence-corrected chi connectivity index (χ4v) is 11.8. The Labute approximate surface area is 424 Å². The first kappa shape index (κ1) is 48.2. The van der Waals surface area contributed by atoms with Crippen molar-refractivity contribution in [3.63, 3.8) is 0 Å². The van der Waals surface area contributed by atoms with Crippen LogP contribution in [0.2, 0.25) is 0 Å². The Bertz CT molecular complexity index is 3800. The van der Waals surface area contributed by atoms with Crippen molar-refractivity contribution in [1.29, 1.82) is 0 Å². The minimum Gasteiger partial charge on any atom is -0.508 e. The van der Waals surface area contributed by atoms with Gasteiger partial charge >= 0.3 is 22.1 Å². The average molecular weight is 1020 g/mol. The molecule has 4 aromatic carbocycles. The number of aromatic hydroxyl groups is 3. The number of benzene rings is 4. The van der Waals surface area contributed by atoms with Gasteiger partial charge in [0.15, 0.2) is 11.4 Å². The van der Waals surface area contributed by atoms with Crippen LogP contribution in [0.5, 0.6) is 23.3 Å². The first-order chi connectivity index (χ1) is 35.5. The molecule has 4 N–H and O–H groups in total. The number of hydrogen-bond acceptors (Lipinski definition) is 14. The molecule has 0 spiro atoms. The van der Waals surface area contributed by atoms with Gasteiger partial charge in [0.05, 0.1) is 40.3 Å². The summed E-state index contributed by atoms with van der Waals surface area (Å²) in [5, 5.41) is 52.8. The van der Waals surface area contributed by atoms with E-state index in [4.69, 9.17) is 13.9 Å². The Morgan fingerprint density at radius 3 is 2.41 bits per heavy atom. The van der Waals surface area contributed by atoms with E-state index in [0.29, 0.717) is 70.1 Å². The van der Waals surface area contributed by atoms with Crippen LogP contribution in [0, 0.1) is 5.92 Å². The van der Waals surface area contributed by atoms with E-state index in [1.807, 2.05) is 51.2 Å². The summed E-state index contributed by atoms with van der Waals surface area (Å²) >= 11 is 0. The van der Waals surface area contributed by atoms with Crippen molar-refractivity contribution < 1.29 is 47.4 Å². The van der Waals surface area contributed by atoms with Crippen LogP contribution in [0.1, 0.15) is 97.5 Å². The molecule has 7 heterocycles. The van der Waals surface area contributed by atoms with Gasteiger partial charge in [0.2, 0.25) is 0 Å². The topological polar surface area (TPSA) is 241 Å². The zero-order valence-corrected chi connectivity index (χ0v) is 41.9. The maximum Gasteiger partial charge on any atom is 0.343 e. The molecule has 0 radical (unpaired) electrons. The predicted octanol–water partition coefficient (Wildman–Crippen LogP) is 7.79. The number of phenols is 2. The Balaban J connectivity index is 0.724. The average Bonchev–Trinajstić information content (AvgIpc) is 4.10. The number of esters is 1. The number of fused-ring (bicyclic) bond motifs is 6. The number of aromatic nitrogens is 6. The van der Waals surface area contributed by atoms with Crippen molar-refractivity contribution in [2.24, 2.45) is 5.92 Å². The number of rotatable bonds is 12. The summed E-state index contributed by atoms with van der Waals surface area (Å²) in [6.45, 7) is 9.30. The van der Waals surface area contributed by atoms with Crippen LogP contribution in [0.4, 0.5) is 0 Å². The molecular weight excluding hydrogens is 967 g/mol. The number of aryl methyl sites for hydroxylation is 2. The molecule has 3 aliphatic heterocycles. The summed E-state index contributed by atoms with van der Waals surface area (Å²) < 4.78 is 43.4. The summed E-state index contributed by atoms with van der Waals surface area (Å²) in [6.07, 6.45) is 5.10. The number of carbonyl (C=O) groups excluding carboxylic acids is 2. The molecule has 1 unspecified atom stereocenters. The van der Waals surface area contributed by atoms with Crippen molar-refractivity contribution in [3.05, 3.63) is 135 Å². The number of nitrogens with zero attached hydrogens (tertiary/aromatic N) is 7. The SMILES string of the molecule is CCc1c2c(nc3ccc(OS(=O)(=O)c4ccc(C(=O)N5CCC(CCn6ccc7cc(-n8c(O)nnc8-c8cc(C(C)C)c(O)cc8O)ccc76)CC5)cc4)cc13)-c1cc3c(c(=O)n1C2)COC(=O)C3(O)CC. The zero-order valence-electron chi connectivity index (χ0n) is 41.1. The largest absolute Gasteiger partial charge is 0.508 e. The first-order valence-electron chi connectivity index (χ1n) is 24.7. The molecule has 1 amide bonds. The van der Waals surface area contributed by atoms with Crippen LogP contribution in [0.3, 0.4) is 0 Å². The van der Waals surface area contributed by atoms with Gasteiger partial charge in [0.1, 0.15) is 28.8 Å². The van der Waals surface area contributed by atoms with E-state index in [-0.39, 0.29) is 82.1 Å². The standard InChI is InChI=1S/C55H53N7O11S/c1-5-37-39-24-35(10-13-44(39)56-49-41(37)28-61-46(49)26-43-42(52(61)66)29-72-53(67)55(43,69)6-2)73-74(70,71)36-11-7-32(8-12-36)51(65)60-20-16-31(17-21-60)15-19-59-22-18-33-23-34(9-14-45(33)59)62-50(57-58-54(62)68)40-25-38(30(3)4)47(63)27-48(40)64/h7-14,18,22-27,30-31,63-64,69H,5-6,15-17,19-21,28-29H2,1-4H3,(H,58,68). The summed E-state index contributed by atoms with van der Waals surface area (Å²) in [5.41, 5.74) is 4.24. The quantitative estimate of drug-likeness (QED) is 0.0675. The Morgan fingerprint density at radius 2 is 1.68 bits per heavy atom. The van der Waals surface area contributed by atoms with Gasteiger partial charge in [-0.3, -0.25) is 9.59 Å². The van der Waals surface area contributed by atoms with Crippen LogP contribution >= 0.6 is 0 Å². The second-order valence-electron chi connectivity index (χ2n) is 19.6. The van der Waals surface area contributed by atoms with Crippen LogP contribution < -0.4 is 9.74 Å². The highest BCUT2D eigenvalue weighted by atomic mass is 32.2. The molecule has 0 bridgehead atoms. The maximum absolute atomic E-state index is 13.8. The number of phenolic OH excluding ortho intramolecular Hbond substituents is 2. The fraction of sp³-hybridized carbons (Fsp3) is 0.309. The van der Waals surface area contributed by atoms with Crippen LogP contribution in [-0.2, 0) is 51.4 Å². The van der Waals surface area contributed by atoms with Gasteiger partial charge in [-0.05, 0) is 134 Å². The van der Waals surface area contributed by atoms with Gasteiger partial charge in [-0.2, -0.15) is 8.42 Å². The molecule has 18 nitrogen and oxygen atoms in total. The Hall–Kier alpha value is -8.03. The van der Waals surface area contributed by atoms with Crippen molar-refractivity contribution in [2.45, 2.75) is 95.9 Å². The molecule has 3 aliphatic rings. The molecule has 1 fully saturated rings. The lowest BCUT2D eigenvalue weighted by Crippen LogP contribution is -2.44. The zero-order chi connectivity index (χ0) is 52.0. The highest BCUT2D eigenvalue weighted by Gasteiger charge is 2.45. The number of hydrogen-bond donors (Lipinski definition) is 4. The van der Waals surface area contributed by atoms with Crippen molar-refractivity contribution >= 4 is 43.8 Å². The number of cyclic esters (lactones) is 1. The minimum atomic E-state index is -4.32. The van der Waals surface area contributed by atoms with Gasteiger partial charge in [0, 0.05) is 64.9 Å². The van der Waals surface area contributed by atoms with Gasteiger partial charge in [-0.15, -0.1) is 5.10 Å². The third kappa shape index (κ3) is 8.01. The molecule has 74 heavy (non-hydrogen) atoms. The molecule has 11 rings (SSSR count). The van der Waals surface area contributed by atoms with Gasteiger partial charge < -0.3 is 43.4 Å². The first-order valence-corrected chi connectivity index (χ1v) is 26.1. The van der Waals surface area contributed by atoms with E-state index >= 15 is 0 Å². The molecule has 4 aromatic heterocycles. The number of pyridine rings is 2. The number of piperidine rings is 1. The highest BCUT2D eigenvalue weighted by molar-refractivity contribution is 7.87. The molecular formula is C55H53N7O11S. The maximum atomic E-state index is 13.8. The third-order valence-corrected chi connectivity index (χ3v) is 16.3. The van der Waals surface area contributed by atoms with Gasteiger partial charge in [0.25, 0.3) is 11.5 Å². The lowest BCUT2D eigenvalue weighted by molar-refractivity contribution is -0.172. The van der Waals surface area contributed by atoms with E-state index in [9.17, 15) is 43.2 Å². The van der Waals surface area contributed by atoms with E-state index in [1.165, 1.54) is 41.0 Å². The summed E-state index contributed by atoms with van der Waals surface area (Å²) in [6, 6.07) is 22.5. The van der Waals surface area contributed by atoms with Crippen molar-refractivity contribution in [3.8, 4) is 51.7 Å². The molecule has 0 aliphatic carbocycles. The molecule has 380 valence electrons. The summed E-state index contributed by atoms with van der Waals surface area (Å²) in [4.78, 5) is 46.6. The van der Waals surface area contributed by atoms with E-state index in [0.717, 1.165) is 47.8 Å². The Kier molecular flexibility index (Phi) is 11.8. The summed E-state index contributed by atoms with van der Waals surface area (Å²) in [5.74, 6) is -0.549. The van der Waals surface area contributed by atoms with E-state index in [1.54, 1.807) is 40.7 Å².